The van der Waals surface area contributed by atoms with Gasteiger partial charge in [-0.15, -0.1) is 0 Å². The molecule has 0 aliphatic carbocycles. The maximum Gasteiger partial charge on any atom is 0.255 e. The number of hydrogen-bond donors (Lipinski definition) is 0. The quantitative estimate of drug-likeness (QED) is 0.727. The number of methoxy groups -OCH3 is 1. The third kappa shape index (κ3) is 3.26. The maximum absolute atomic E-state index is 12.7. The summed E-state index contributed by atoms with van der Waals surface area (Å²) in [4.78, 5) is 18.5. The van der Waals surface area contributed by atoms with Gasteiger partial charge in [0.1, 0.15) is 11.9 Å². The van der Waals surface area contributed by atoms with Crippen molar-refractivity contribution in [2.24, 2.45) is 0 Å². The minimum Gasteiger partial charge on any atom is -0.497 e. The van der Waals surface area contributed by atoms with Gasteiger partial charge in [-0.05, 0) is 46.7 Å². The number of aromatic nitrogens is 1. The molecule has 4 rings (SSSR count). The molecule has 5 heteroatoms. The summed E-state index contributed by atoms with van der Waals surface area (Å²) < 4.78 is 11.2. The Kier molecular flexibility index (Phi) is 4.54. The molecular weight excluding hydrogens is 328 g/mol. The highest BCUT2D eigenvalue weighted by Gasteiger charge is 2.26. The molecule has 1 saturated heterocycles. The van der Waals surface area contributed by atoms with Gasteiger partial charge in [0, 0.05) is 18.9 Å². The monoisotopic (exact) mass is 348 g/mol. The molecule has 0 N–H and O–H groups in total. The molecule has 0 bridgehead atoms. The highest BCUT2D eigenvalue weighted by atomic mass is 16.5. The molecule has 26 heavy (non-hydrogen) atoms. The number of nitrogens with zero attached hydrogens (tertiary/aromatic N) is 2. The second kappa shape index (κ2) is 7.14. The molecule has 1 aliphatic heterocycles. The molecule has 1 atom stereocenters. The number of morpholine rings is 1. The predicted molar refractivity (Wildman–Crippen MR) is 99.3 cm³/mol. The molecule has 1 fully saturated rings. The van der Waals surface area contributed by atoms with Crippen LogP contribution in [0, 0.1) is 0 Å². The predicted octanol–water partition coefficient (Wildman–Crippen LogP) is 3.46. The van der Waals surface area contributed by atoms with E-state index >= 15 is 0 Å². The fourth-order valence-corrected chi connectivity index (χ4v) is 3.28. The molecule has 132 valence electrons. The van der Waals surface area contributed by atoms with Crippen molar-refractivity contribution in [3.63, 3.8) is 0 Å². The highest BCUT2D eigenvalue weighted by Crippen LogP contribution is 2.28. The number of hydrogen-bond acceptors (Lipinski definition) is 4. The van der Waals surface area contributed by atoms with Crippen LogP contribution >= 0.6 is 0 Å². The number of carbonyl (C=O) groups is 1. The van der Waals surface area contributed by atoms with E-state index in [1.165, 1.54) is 0 Å². The van der Waals surface area contributed by atoms with Gasteiger partial charge >= 0.3 is 0 Å². The van der Waals surface area contributed by atoms with Crippen molar-refractivity contribution in [1.29, 1.82) is 0 Å². The first-order valence-electron chi connectivity index (χ1n) is 8.63. The van der Waals surface area contributed by atoms with Crippen LogP contribution in [0.25, 0.3) is 10.8 Å². The molecule has 2 aromatic carbocycles. The van der Waals surface area contributed by atoms with Crippen LogP contribution < -0.4 is 4.74 Å². The van der Waals surface area contributed by atoms with Crippen LogP contribution in [0.4, 0.5) is 0 Å². The maximum atomic E-state index is 12.7. The minimum atomic E-state index is -0.129. The summed E-state index contributed by atoms with van der Waals surface area (Å²) in [6.45, 7) is 1.65. The van der Waals surface area contributed by atoms with Crippen molar-refractivity contribution in [1.82, 2.24) is 9.88 Å². The average Bonchev–Trinajstić information content (AvgIpc) is 2.73. The molecule has 0 radical (unpaired) electrons. The molecule has 0 saturated carbocycles. The third-order valence-corrected chi connectivity index (χ3v) is 4.71. The lowest BCUT2D eigenvalue weighted by Gasteiger charge is -2.33. The van der Waals surface area contributed by atoms with Gasteiger partial charge in [0.2, 0.25) is 0 Å². The van der Waals surface area contributed by atoms with E-state index < -0.39 is 0 Å². The van der Waals surface area contributed by atoms with Crippen molar-refractivity contribution in [3.05, 3.63) is 72.1 Å². The molecule has 3 aromatic rings. The Bertz CT molecular complexity index is 927. The summed E-state index contributed by atoms with van der Waals surface area (Å²) in [5.74, 6) is 0.837. The van der Waals surface area contributed by atoms with E-state index in [-0.39, 0.29) is 12.0 Å². The first kappa shape index (κ1) is 16.5. The number of fused-ring (bicyclic) bond motifs is 1. The zero-order valence-electron chi connectivity index (χ0n) is 14.6. The zero-order valence-corrected chi connectivity index (χ0v) is 14.6. The van der Waals surface area contributed by atoms with Crippen molar-refractivity contribution in [2.75, 3.05) is 26.8 Å². The summed E-state index contributed by atoms with van der Waals surface area (Å²) in [7, 11) is 1.67. The Morgan fingerprint density at radius 1 is 1.19 bits per heavy atom. The van der Waals surface area contributed by atoms with Crippen LogP contribution in [-0.2, 0) is 4.74 Å². The molecular formula is C21H20N2O3. The summed E-state index contributed by atoms with van der Waals surface area (Å²) >= 11 is 0. The lowest BCUT2D eigenvalue weighted by atomic mass is 10.0. The topological polar surface area (TPSA) is 51.7 Å². The standard InChI is InChI=1S/C21H20N2O3/c1-25-19-7-6-15-11-17(5-4-16(15)12-19)20-14-23(9-10-26-20)21(24)18-3-2-8-22-13-18/h2-8,11-13,20H,9-10,14H2,1H3/t20-/m0/s1. The van der Waals surface area contributed by atoms with Gasteiger partial charge < -0.3 is 14.4 Å². The van der Waals surface area contributed by atoms with E-state index in [0.29, 0.717) is 25.3 Å². The lowest BCUT2D eigenvalue weighted by Crippen LogP contribution is -2.42. The molecule has 5 nitrogen and oxygen atoms in total. The largest absolute Gasteiger partial charge is 0.497 e. The van der Waals surface area contributed by atoms with Crippen molar-refractivity contribution >= 4 is 16.7 Å². The van der Waals surface area contributed by atoms with E-state index in [2.05, 4.69) is 23.2 Å². The number of pyridine rings is 1. The Morgan fingerprint density at radius 2 is 2.04 bits per heavy atom. The van der Waals surface area contributed by atoms with Crippen LogP contribution in [-0.4, -0.2) is 42.6 Å². The van der Waals surface area contributed by atoms with Crippen molar-refractivity contribution in [3.8, 4) is 5.75 Å². The Labute approximate surface area is 152 Å². The van der Waals surface area contributed by atoms with Gasteiger partial charge in [-0.1, -0.05) is 18.2 Å². The molecule has 2 heterocycles. The van der Waals surface area contributed by atoms with Gasteiger partial charge in [0.15, 0.2) is 0 Å². The molecule has 1 amide bonds. The van der Waals surface area contributed by atoms with E-state index in [1.54, 1.807) is 31.6 Å². The van der Waals surface area contributed by atoms with E-state index in [1.807, 2.05) is 23.1 Å². The van der Waals surface area contributed by atoms with Gasteiger partial charge in [0.05, 0.1) is 25.8 Å². The Balaban J connectivity index is 1.56. The van der Waals surface area contributed by atoms with Gasteiger partial charge in [0.25, 0.3) is 5.91 Å². The number of ether oxygens (including phenoxy) is 2. The zero-order chi connectivity index (χ0) is 17.9. The van der Waals surface area contributed by atoms with Crippen molar-refractivity contribution < 1.29 is 14.3 Å². The first-order chi connectivity index (χ1) is 12.7. The van der Waals surface area contributed by atoms with Gasteiger partial charge in [-0.2, -0.15) is 0 Å². The fraction of sp³-hybridized carbons (Fsp3) is 0.238. The van der Waals surface area contributed by atoms with Crippen LogP contribution in [0.15, 0.2) is 60.9 Å². The van der Waals surface area contributed by atoms with E-state index in [9.17, 15) is 4.79 Å². The fourth-order valence-electron chi connectivity index (χ4n) is 3.28. The van der Waals surface area contributed by atoms with Crippen molar-refractivity contribution in [2.45, 2.75) is 6.10 Å². The smallest absolute Gasteiger partial charge is 0.255 e. The molecule has 0 unspecified atom stereocenters. The second-order valence-electron chi connectivity index (χ2n) is 6.32. The number of carbonyl (C=O) groups excluding carboxylic acids is 1. The Morgan fingerprint density at radius 3 is 2.85 bits per heavy atom. The lowest BCUT2D eigenvalue weighted by molar-refractivity contribution is -0.0227. The third-order valence-electron chi connectivity index (χ3n) is 4.71. The van der Waals surface area contributed by atoms with Gasteiger partial charge in [-0.25, -0.2) is 0 Å². The summed E-state index contributed by atoms with van der Waals surface area (Å²) in [6, 6.07) is 15.8. The van der Waals surface area contributed by atoms with E-state index in [4.69, 9.17) is 9.47 Å². The van der Waals surface area contributed by atoms with Crippen LogP contribution in [0.2, 0.25) is 0 Å². The number of benzene rings is 2. The van der Waals surface area contributed by atoms with Gasteiger partial charge in [-0.3, -0.25) is 9.78 Å². The summed E-state index contributed by atoms with van der Waals surface area (Å²) in [5.41, 5.74) is 1.69. The normalized spacial score (nSPS) is 17.3. The second-order valence-corrected chi connectivity index (χ2v) is 6.32. The van der Waals surface area contributed by atoms with E-state index in [0.717, 1.165) is 22.1 Å². The minimum absolute atomic E-state index is 0.00285. The Hall–Kier alpha value is -2.92. The molecule has 0 spiro atoms. The average molecular weight is 348 g/mol. The molecule has 1 aromatic heterocycles. The highest BCUT2D eigenvalue weighted by molar-refractivity contribution is 5.94. The summed E-state index contributed by atoms with van der Waals surface area (Å²) in [6.07, 6.45) is 3.15. The summed E-state index contributed by atoms with van der Waals surface area (Å²) in [5, 5.41) is 2.25. The van der Waals surface area contributed by atoms with Crippen LogP contribution in [0.3, 0.4) is 0 Å². The molecule has 1 aliphatic rings. The number of amides is 1. The first-order valence-corrected chi connectivity index (χ1v) is 8.63. The SMILES string of the molecule is COc1ccc2cc([C@@H]3CN(C(=O)c4cccnc4)CCO3)ccc2c1. The van der Waals surface area contributed by atoms with Crippen LogP contribution in [0.5, 0.6) is 5.75 Å². The van der Waals surface area contributed by atoms with Crippen LogP contribution in [0.1, 0.15) is 22.0 Å². The number of rotatable bonds is 3.